The summed E-state index contributed by atoms with van der Waals surface area (Å²) in [7, 11) is 0. The second-order valence-corrected chi connectivity index (χ2v) is 4.61. The van der Waals surface area contributed by atoms with Gasteiger partial charge in [0.2, 0.25) is 5.12 Å². The molecule has 0 saturated carbocycles. The van der Waals surface area contributed by atoms with E-state index in [1.54, 1.807) is 0 Å². The Kier molecular flexibility index (Phi) is 2.52. The first-order chi connectivity index (χ1) is 7.81. The summed E-state index contributed by atoms with van der Waals surface area (Å²) in [4.78, 5) is 7.61. The van der Waals surface area contributed by atoms with Gasteiger partial charge in [0, 0.05) is 31.7 Å². The van der Waals surface area contributed by atoms with Crippen LogP contribution >= 0.6 is 11.6 Å². The average Bonchev–Trinajstić information content (AvgIpc) is 2.71. The van der Waals surface area contributed by atoms with Crippen LogP contribution in [-0.4, -0.2) is 31.1 Å². The first kappa shape index (κ1) is 10.4. The number of para-hydroxylation sites is 1. The first-order valence-corrected chi connectivity index (χ1v) is 5.87. The Hall–Kier alpha value is -0.810. The molecule has 0 amide bonds. The first-order valence-electron chi connectivity index (χ1n) is 5.49. The van der Waals surface area contributed by atoms with E-state index in [0.717, 1.165) is 37.5 Å². The Bertz CT molecular complexity index is 395. The zero-order valence-corrected chi connectivity index (χ0v) is 9.63. The molecule has 4 nitrogen and oxygen atoms in total. The Balaban J connectivity index is 1.94. The van der Waals surface area contributed by atoms with Gasteiger partial charge >= 0.3 is 0 Å². The minimum atomic E-state index is -0.710. The summed E-state index contributed by atoms with van der Waals surface area (Å²) in [6, 6.07) is 7.86. The Morgan fingerprint density at radius 3 is 2.81 bits per heavy atom. The average molecular weight is 240 g/mol. The monoisotopic (exact) mass is 239 g/mol. The number of hydroxylamine groups is 1. The molecular formula is C11H14ClN3O. The van der Waals surface area contributed by atoms with Gasteiger partial charge in [-0.1, -0.05) is 29.8 Å². The van der Waals surface area contributed by atoms with E-state index in [1.165, 1.54) is 0 Å². The van der Waals surface area contributed by atoms with Gasteiger partial charge in [0.05, 0.1) is 0 Å². The van der Waals surface area contributed by atoms with Gasteiger partial charge in [0.15, 0.2) is 5.75 Å². The minimum absolute atomic E-state index is 0.710. The molecule has 1 fully saturated rings. The molecule has 5 heteroatoms. The lowest BCUT2D eigenvalue weighted by Crippen LogP contribution is -2.56. The van der Waals surface area contributed by atoms with Crippen molar-refractivity contribution in [3.8, 4) is 5.75 Å². The number of nitrogens with zero attached hydrogens (tertiary/aromatic N) is 1. The molecule has 2 N–H and O–H groups in total. The van der Waals surface area contributed by atoms with Crippen molar-refractivity contribution in [1.82, 2.24) is 15.7 Å². The van der Waals surface area contributed by atoms with Crippen molar-refractivity contribution in [1.29, 1.82) is 0 Å². The minimum Gasteiger partial charge on any atom is -0.405 e. The van der Waals surface area contributed by atoms with Gasteiger partial charge in [-0.15, -0.1) is 5.48 Å². The molecule has 2 aliphatic rings. The molecule has 2 aliphatic heterocycles. The van der Waals surface area contributed by atoms with Crippen LogP contribution in [0.4, 0.5) is 0 Å². The second kappa shape index (κ2) is 3.89. The van der Waals surface area contributed by atoms with Crippen molar-refractivity contribution in [3.63, 3.8) is 0 Å². The lowest BCUT2D eigenvalue weighted by Gasteiger charge is -2.37. The third-order valence-electron chi connectivity index (χ3n) is 3.09. The number of hydrogen-bond donors (Lipinski definition) is 2. The maximum Gasteiger partial charge on any atom is 0.210 e. The number of rotatable bonds is 1. The van der Waals surface area contributed by atoms with Crippen LogP contribution in [0.2, 0.25) is 0 Å². The second-order valence-electron chi connectivity index (χ2n) is 4.06. The van der Waals surface area contributed by atoms with Gasteiger partial charge in [-0.25, -0.2) is 0 Å². The molecule has 1 unspecified atom stereocenters. The number of benzene rings is 1. The third kappa shape index (κ3) is 1.50. The van der Waals surface area contributed by atoms with Gasteiger partial charge in [-0.2, -0.15) is 0 Å². The summed E-state index contributed by atoms with van der Waals surface area (Å²) < 4.78 is 0. The number of hydrogen-bond acceptors (Lipinski definition) is 4. The summed E-state index contributed by atoms with van der Waals surface area (Å²) >= 11 is 6.64. The molecule has 0 bridgehead atoms. The van der Waals surface area contributed by atoms with Gasteiger partial charge in [-0.3, -0.25) is 4.90 Å². The lowest BCUT2D eigenvalue weighted by molar-refractivity contribution is 0.0423. The number of nitrogens with one attached hydrogen (secondary N) is 2. The van der Waals surface area contributed by atoms with E-state index in [2.05, 4.69) is 15.7 Å². The molecule has 0 aromatic heterocycles. The van der Waals surface area contributed by atoms with E-state index in [4.69, 9.17) is 16.4 Å². The van der Waals surface area contributed by atoms with Crippen LogP contribution in [0.1, 0.15) is 5.56 Å². The highest BCUT2D eigenvalue weighted by molar-refractivity contribution is 6.23. The Labute approximate surface area is 99.5 Å². The van der Waals surface area contributed by atoms with Crippen LogP contribution in [0.25, 0.3) is 0 Å². The maximum absolute atomic E-state index is 6.64. The van der Waals surface area contributed by atoms with Gasteiger partial charge in [-0.05, 0) is 6.07 Å². The topological polar surface area (TPSA) is 36.5 Å². The highest BCUT2D eigenvalue weighted by Crippen LogP contribution is 2.40. The molecule has 16 heavy (non-hydrogen) atoms. The predicted octanol–water partition coefficient (Wildman–Crippen LogP) is 0.838. The molecule has 1 atom stereocenters. The quantitative estimate of drug-likeness (QED) is 0.563. The molecule has 1 aromatic carbocycles. The molecule has 3 rings (SSSR count). The summed E-state index contributed by atoms with van der Waals surface area (Å²) in [6.45, 7) is 3.74. The fourth-order valence-corrected chi connectivity index (χ4v) is 2.58. The summed E-state index contributed by atoms with van der Waals surface area (Å²) in [5, 5.41) is 2.60. The van der Waals surface area contributed by atoms with E-state index in [-0.39, 0.29) is 0 Å². The highest BCUT2D eigenvalue weighted by Gasteiger charge is 2.44. The van der Waals surface area contributed by atoms with E-state index >= 15 is 0 Å². The van der Waals surface area contributed by atoms with Crippen LogP contribution in [-0.2, 0) is 5.12 Å². The molecule has 0 radical (unpaired) electrons. The van der Waals surface area contributed by atoms with Gasteiger partial charge in [0.1, 0.15) is 0 Å². The highest BCUT2D eigenvalue weighted by atomic mass is 35.5. The molecule has 0 aliphatic carbocycles. The molecule has 2 heterocycles. The zero-order chi connectivity index (χ0) is 11.0. The van der Waals surface area contributed by atoms with Crippen LogP contribution < -0.4 is 15.6 Å². The largest absolute Gasteiger partial charge is 0.405 e. The van der Waals surface area contributed by atoms with E-state index < -0.39 is 5.12 Å². The van der Waals surface area contributed by atoms with Gasteiger partial charge < -0.3 is 10.2 Å². The SMILES string of the molecule is ClC1(N2CCNCC2)NOc2ccccc21. The van der Waals surface area contributed by atoms with E-state index in [9.17, 15) is 0 Å². The van der Waals surface area contributed by atoms with Crippen molar-refractivity contribution >= 4 is 11.6 Å². The standard InChI is InChI=1S/C11H14ClN3O/c12-11(15-7-5-13-6-8-15)9-3-1-2-4-10(9)16-14-11/h1-4,13-14H,5-8H2. The van der Waals surface area contributed by atoms with Crippen LogP contribution in [0, 0.1) is 0 Å². The fourth-order valence-electron chi connectivity index (χ4n) is 2.21. The normalized spacial score (nSPS) is 29.8. The molecule has 0 spiro atoms. The number of halogens is 1. The predicted molar refractivity (Wildman–Crippen MR) is 62.2 cm³/mol. The summed E-state index contributed by atoms with van der Waals surface area (Å²) in [5.41, 5.74) is 3.93. The lowest BCUT2D eigenvalue weighted by atomic mass is 10.1. The number of alkyl halides is 1. The number of fused-ring (bicyclic) bond motifs is 1. The zero-order valence-electron chi connectivity index (χ0n) is 8.87. The Morgan fingerprint density at radius 1 is 1.25 bits per heavy atom. The molecule has 86 valence electrons. The molecule has 1 saturated heterocycles. The number of piperazine rings is 1. The van der Waals surface area contributed by atoms with Gasteiger partial charge in [0.25, 0.3) is 0 Å². The van der Waals surface area contributed by atoms with Crippen molar-refractivity contribution in [2.24, 2.45) is 0 Å². The van der Waals surface area contributed by atoms with E-state index in [0.29, 0.717) is 0 Å². The van der Waals surface area contributed by atoms with Crippen molar-refractivity contribution in [3.05, 3.63) is 29.8 Å². The molecule has 1 aromatic rings. The van der Waals surface area contributed by atoms with E-state index in [1.807, 2.05) is 24.3 Å². The summed E-state index contributed by atoms with van der Waals surface area (Å²) in [5.74, 6) is 0.816. The van der Waals surface area contributed by atoms with Crippen LogP contribution in [0.3, 0.4) is 0 Å². The molecular weight excluding hydrogens is 226 g/mol. The maximum atomic E-state index is 6.64. The van der Waals surface area contributed by atoms with Crippen LogP contribution in [0.15, 0.2) is 24.3 Å². The van der Waals surface area contributed by atoms with Crippen molar-refractivity contribution in [2.45, 2.75) is 5.12 Å². The van der Waals surface area contributed by atoms with Crippen molar-refractivity contribution < 1.29 is 4.84 Å². The fraction of sp³-hybridized carbons (Fsp3) is 0.455. The van der Waals surface area contributed by atoms with Crippen LogP contribution in [0.5, 0.6) is 5.75 Å². The smallest absolute Gasteiger partial charge is 0.210 e. The van der Waals surface area contributed by atoms with Crippen molar-refractivity contribution in [2.75, 3.05) is 26.2 Å². The Morgan fingerprint density at radius 2 is 2.00 bits per heavy atom. The summed E-state index contributed by atoms with van der Waals surface area (Å²) in [6.07, 6.45) is 0. The third-order valence-corrected chi connectivity index (χ3v) is 3.61.